The molecule has 0 bridgehead atoms. The monoisotopic (exact) mass is 353 g/mol. The maximum atomic E-state index is 12.7. The molecular weight excluding hydrogens is 338 g/mol. The largest absolute Gasteiger partial charge is 0.490 e. The molecule has 0 saturated carbocycles. The fraction of sp³-hybridized carbons (Fsp3) is 0.0526. The average Bonchev–Trinajstić information content (AvgIpc) is 2.88. The third-order valence-electron chi connectivity index (χ3n) is 3.33. The third-order valence-corrected chi connectivity index (χ3v) is 4.63. The van der Waals surface area contributed by atoms with Gasteiger partial charge in [0.1, 0.15) is 12.4 Å². The van der Waals surface area contributed by atoms with Crippen molar-refractivity contribution in [2.75, 3.05) is 11.5 Å². The molecule has 3 nitrogen and oxygen atoms in total. The lowest BCUT2D eigenvalue weighted by Gasteiger charge is -2.13. The summed E-state index contributed by atoms with van der Waals surface area (Å²) in [5.41, 5.74) is 1.68. The molecule has 120 valence electrons. The van der Waals surface area contributed by atoms with Crippen LogP contribution in [0.1, 0.15) is 5.56 Å². The number of thioether (sulfide) groups is 1. The molecule has 2 aromatic rings. The van der Waals surface area contributed by atoms with Gasteiger partial charge < -0.3 is 4.74 Å². The Hall–Kier alpha value is -2.37. The molecule has 3 rings (SSSR count). The Balaban J connectivity index is 1.85. The van der Waals surface area contributed by atoms with Crippen molar-refractivity contribution in [2.45, 2.75) is 0 Å². The average molecular weight is 353 g/mol. The SMILES string of the molecule is C=CCOc1cccc(/C=C2/SC(=S)N(c3ccccc3)C2=O)c1. The van der Waals surface area contributed by atoms with Crippen LogP contribution in [0.3, 0.4) is 0 Å². The van der Waals surface area contributed by atoms with Gasteiger partial charge in [0.05, 0.1) is 10.6 Å². The van der Waals surface area contributed by atoms with Crippen molar-refractivity contribution in [3.63, 3.8) is 0 Å². The molecule has 0 radical (unpaired) electrons. The van der Waals surface area contributed by atoms with Crippen molar-refractivity contribution in [1.82, 2.24) is 0 Å². The molecule has 0 N–H and O–H groups in total. The lowest BCUT2D eigenvalue weighted by atomic mass is 10.2. The molecule has 1 fully saturated rings. The minimum absolute atomic E-state index is 0.103. The van der Waals surface area contributed by atoms with E-state index in [9.17, 15) is 4.79 Å². The normalized spacial score (nSPS) is 15.8. The van der Waals surface area contributed by atoms with Gasteiger partial charge in [0, 0.05) is 0 Å². The van der Waals surface area contributed by atoms with Gasteiger partial charge in [0.2, 0.25) is 0 Å². The molecule has 0 aliphatic carbocycles. The second-order valence-corrected chi connectivity index (χ2v) is 6.70. The van der Waals surface area contributed by atoms with Gasteiger partial charge in [-0.25, -0.2) is 0 Å². The topological polar surface area (TPSA) is 29.5 Å². The van der Waals surface area contributed by atoms with E-state index in [0.29, 0.717) is 15.8 Å². The lowest BCUT2D eigenvalue weighted by Crippen LogP contribution is -2.27. The summed E-state index contributed by atoms with van der Waals surface area (Å²) in [7, 11) is 0. The van der Waals surface area contributed by atoms with Gasteiger partial charge >= 0.3 is 0 Å². The fourth-order valence-corrected chi connectivity index (χ4v) is 3.57. The molecule has 5 heteroatoms. The first-order chi connectivity index (χ1) is 11.7. The number of hydrogen-bond acceptors (Lipinski definition) is 4. The van der Waals surface area contributed by atoms with Gasteiger partial charge in [-0.2, -0.15) is 0 Å². The van der Waals surface area contributed by atoms with E-state index < -0.39 is 0 Å². The minimum Gasteiger partial charge on any atom is -0.490 e. The number of amides is 1. The van der Waals surface area contributed by atoms with Crippen LogP contribution in [0.15, 0.2) is 72.2 Å². The Kier molecular flexibility index (Phi) is 5.13. The van der Waals surface area contributed by atoms with Crippen LogP contribution in [-0.2, 0) is 4.79 Å². The summed E-state index contributed by atoms with van der Waals surface area (Å²) in [6, 6.07) is 17.0. The van der Waals surface area contributed by atoms with Crippen LogP contribution < -0.4 is 9.64 Å². The smallest absolute Gasteiger partial charge is 0.270 e. The molecule has 24 heavy (non-hydrogen) atoms. The lowest BCUT2D eigenvalue weighted by molar-refractivity contribution is -0.113. The predicted molar refractivity (Wildman–Crippen MR) is 104 cm³/mol. The van der Waals surface area contributed by atoms with Crippen LogP contribution >= 0.6 is 24.0 Å². The molecule has 0 unspecified atom stereocenters. The number of thiocarbonyl (C=S) groups is 1. The zero-order valence-electron chi connectivity index (χ0n) is 12.8. The quantitative estimate of drug-likeness (QED) is 0.444. The van der Waals surface area contributed by atoms with Crippen LogP contribution in [-0.4, -0.2) is 16.8 Å². The highest BCUT2D eigenvalue weighted by molar-refractivity contribution is 8.27. The van der Waals surface area contributed by atoms with Gasteiger partial charge in [-0.3, -0.25) is 9.69 Å². The Morgan fingerprint density at radius 2 is 1.96 bits per heavy atom. The van der Waals surface area contributed by atoms with E-state index in [1.165, 1.54) is 11.8 Å². The van der Waals surface area contributed by atoms with Gasteiger partial charge in [-0.15, -0.1) is 0 Å². The molecule has 1 saturated heterocycles. The van der Waals surface area contributed by atoms with Crippen LogP contribution in [0, 0.1) is 0 Å². The first-order valence-electron chi connectivity index (χ1n) is 7.36. The van der Waals surface area contributed by atoms with Crippen molar-refractivity contribution in [1.29, 1.82) is 0 Å². The van der Waals surface area contributed by atoms with E-state index in [4.69, 9.17) is 17.0 Å². The number of ether oxygens (including phenoxy) is 1. The van der Waals surface area contributed by atoms with Crippen molar-refractivity contribution >= 4 is 46.0 Å². The number of carbonyl (C=O) groups excluding carboxylic acids is 1. The van der Waals surface area contributed by atoms with Crippen LogP contribution in [0.2, 0.25) is 0 Å². The second kappa shape index (κ2) is 7.47. The number of benzene rings is 2. The van der Waals surface area contributed by atoms with E-state index in [1.807, 2.05) is 60.7 Å². The molecular formula is C19H15NO2S2. The summed E-state index contributed by atoms with van der Waals surface area (Å²) >= 11 is 6.67. The predicted octanol–water partition coefficient (Wildman–Crippen LogP) is 4.66. The van der Waals surface area contributed by atoms with Crippen molar-refractivity contribution < 1.29 is 9.53 Å². The summed E-state index contributed by atoms with van der Waals surface area (Å²) in [6.07, 6.45) is 3.53. The molecule has 2 aromatic carbocycles. The number of carbonyl (C=O) groups is 1. The molecule has 0 atom stereocenters. The molecule has 0 spiro atoms. The van der Waals surface area contributed by atoms with Crippen LogP contribution in [0.4, 0.5) is 5.69 Å². The van der Waals surface area contributed by atoms with E-state index in [1.54, 1.807) is 11.0 Å². The van der Waals surface area contributed by atoms with Gasteiger partial charge in [-0.1, -0.05) is 67.0 Å². The molecule has 1 heterocycles. The summed E-state index contributed by atoms with van der Waals surface area (Å²) < 4.78 is 6.06. The highest BCUT2D eigenvalue weighted by Gasteiger charge is 2.33. The van der Waals surface area contributed by atoms with Crippen molar-refractivity contribution in [3.8, 4) is 5.75 Å². The zero-order valence-corrected chi connectivity index (χ0v) is 14.5. The number of rotatable bonds is 5. The third kappa shape index (κ3) is 3.58. The summed E-state index contributed by atoms with van der Waals surface area (Å²) in [5, 5.41) is 0. The number of nitrogens with zero attached hydrogens (tertiary/aromatic N) is 1. The standard InChI is InChI=1S/C19H15NO2S2/c1-2-11-22-16-10-6-7-14(12-16)13-17-18(21)20(19(23)24-17)15-8-4-3-5-9-15/h2-10,12-13H,1,11H2/b17-13+. The zero-order chi connectivity index (χ0) is 16.9. The molecule has 1 amide bonds. The first kappa shape index (κ1) is 16.5. The van der Waals surface area contributed by atoms with Gasteiger partial charge in [-0.05, 0) is 35.9 Å². The Labute approximate surface area is 150 Å². The van der Waals surface area contributed by atoms with E-state index in [0.717, 1.165) is 17.0 Å². The second-order valence-electron chi connectivity index (χ2n) is 5.02. The van der Waals surface area contributed by atoms with Crippen molar-refractivity contribution in [2.24, 2.45) is 0 Å². The van der Waals surface area contributed by atoms with Crippen molar-refractivity contribution in [3.05, 3.63) is 77.7 Å². The van der Waals surface area contributed by atoms with E-state index in [2.05, 4.69) is 6.58 Å². The van der Waals surface area contributed by atoms with E-state index >= 15 is 0 Å². The number of para-hydroxylation sites is 1. The highest BCUT2D eigenvalue weighted by Crippen LogP contribution is 2.36. The first-order valence-corrected chi connectivity index (χ1v) is 8.58. The Morgan fingerprint density at radius 1 is 1.17 bits per heavy atom. The maximum Gasteiger partial charge on any atom is 0.270 e. The van der Waals surface area contributed by atoms with Gasteiger partial charge in [0.15, 0.2) is 4.32 Å². The Bertz CT molecular complexity index is 815. The minimum atomic E-state index is -0.103. The highest BCUT2D eigenvalue weighted by atomic mass is 32.2. The summed E-state index contributed by atoms with van der Waals surface area (Å²) in [5.74, 6) is 0.635. The Morgan fingerprint density at radius 3 is 2.71 bits per heavy atom. The van der Waals surface area contributed by atoms with Crippen LogP contribution in [0.25, 0.3) is 6.08 Å². The molecule has 1 aliphatic rings. The molecule has 0 aromatic heterocycles. The summed E-state index contributed by atoms with van der Waals surface area (Å²) in [6.45, 7) is 4.08. The fourth-order valence-electron chi connectivity index (χ4n) is 2.27. The summed E-state index contributed by atoms with van der Waals surface area (Å²) in [4.78, 5) is 14.8. The number of anilines is 1. The van der Waals surface area contributed by atoms with Crippen LogP contribution in [0.5, 0.6) is 5.75 Å². The molecule has 1 aliphatic heterocycles. The number of hydrogen-bond donors (Lipinski definition) is 0. The van der Waals surface area contributed by atoms with E-state index in [-0.39, 0.29) is 5.91 Å². The maximum absolute atomic E-state index is 12.7. The van der Waals surface area contributed by atoms with Gasteiger partial charge in [0.25, 0.3) is 5.91 Å².